The summed E-state index contributed by atoms with van der Waals surface area (Å²) < 4.78 is 3.07. The normalized spacial score (nSPS) is 10.7. The van der Waals surface area contributed by atoms with Crippen LogP contribution in [0.3, 0.4) is 0 Å². The van der Waals surface area contributed by atoms with Crippen molar-refractivity contribution in [3.8, 4) is 0 Å². The van der Waals surface area contributed by atoms with E-state index in [4.69, 9.17) is 18.0 Å². The van der Waals surface area contributed by atoms with Gasteiger partial charge in [-0.25, -0.2) is 0 Å². The van der Waals surface area contributed by atoms with Crippen molar-refractivity contribution in [2.45, 2.75) is 26.9 Å². The zero-order chi connectivity index (χ0) is 15.6. The van der Waals surface area contributed by atoms with Crippen LogP contribution in [-0.2, 0) is 13.1 Å². The molecule has 2 N–H and O–H groups in total. The molecule has 0 aliphatic rings. The van der Waals surface area contributed by atoms with Crippen LogP contribution in [0.1, 0.15) is 23.9 Å². The first-order chi connectivity index (χ1) is 9.95. The molecule has 0 bridgehead atoms. The zero-order valence-electron chi connectivity index (χ0n) is 12.4. The van der Waals surface area contributed by atoms with E-state index in [1.807, 2.05) is 42.9 Å². The van der Waals surface area contributed by atoms with Crippen LogP contribution in [0.2, 0.25) is 0 Å². The van der Waals surface area contributed by atoms with Crippen LogP contribution >= 0.6 is 28.1 Å². The fraction of sp³-hybridized carbons (Fsp3) is 0.333. The Kier molecular flexibility index (Phi) is 5.00. The van der Waals surface area contributed by atoms with Gasteiger partial charge in [0.2, 0.25) is 0 Å². The largest absolute Gasteiger partial charge is 0.389 e. The number of benzene rings is 1. The molecule has 0 aliphatic heterocycles. The lowest BCUT2D eigenvalue weighted by atomic mass is 10.1. The number of para-hydroxylation sites is 1. The van der Waals surface area contributed by atoms with Gasteiger partial charge in [-0.05, 0) is 41.9 Å². The Bertz CT molecular complexity index is 666. The molecule has 0 spiro atoms. The van der Waals surface area contributed by atoms with Gasteiger partial charge >= 0.3 is 0 Å². The molecule has 4 nitrogen and oxygen atoms in total. The van der Waals surface area contributed by atoms with Gasteiger partial charge in [0.25, 0.3) is 0 Å². The van der Waals surface area contributed by atoms with Gasteiger partial charge in [0, 0.05) is 24.8 Å². The van der Waals surface area contributed by atoms with Crippen molar-refractivity contribution in [3.05, 3.63) is 45.7 Å². The number of hydrogen-bond donors (Lipinski definition) is 1. The van der Waals surface area contributed by atoms with Gasteiger partial charge in [0.05, 0.1) is 22.4 Å². The van der Waals surface area contributed by atoms with Gasteiger partial charge in [-0.15, -0.1) is 0 Å². The molecule has 0 radical (unpaired) electrons. The summed E-state index contributed by atoms with van der Waals surface area (Å²) in [4.78, 5) is 2.55. The van der Waals surface area contributed by atoms with Crippen LogP contribution in [0.25, 0.3) is 0 Å². The number of nitrogens with two attached hydrogens (primary N) is 1. The average Bonchev–Trinajstić information content (AvgIpc) is 2.74. The summed E-state index contributed by atoms with van der Waals surface area (Å²) >= 11 is 8.77. The van der Waals surface area contributed by atoms with Crippen LogP contribution in [0, 0.1) is 6.92 Å². The minimum absolute atomic E-state index is 0.414. The Morgan fingerprint density at radius 3 is 2.71 bits per heavy atom. The van der Waals surface area contributed by atoms with E-state index in [1.54, 1.807) is 0 Å². The summed E-state index contributed by atoms with van der Waals surface area (Å²) in [7, 11) is 2.03. The molecule has 0 saturated heterocycles. The van der Waals surface area contributed by atoms with E-state index in [0.717, 1.165) is 40.2 Å². The summed E-state index contributed by atoms with van der Waals surface area (Å²) in [5.74, 6) is 0. The molecule has 1 aromatic heterocycles. The topological polar surface area (TPSA) is 47.1 Å². The van der Waals surface area contributed by atoms with Crippen molar-refractivity contribution in [2.24, 2.45) is 5.73 Å². The number of aryl methyl sites for hydroxylation is 2. The second-order valence-electron chi connectivity index (χ2n) is 4.90. The highest BCUT2D eigenvalue weighted by Crippen LogP contribution is 2.26. The summed E-state index contributed by atoms with van der Waals surface area (Å²) in [6.45, 7) is 5.66. The molecule has 2 aromatic rings. The lowest BCUT2D eigenvalue weighted by Gasteiger charge is -2.22. The van der Waals surface area contributed by atoms with Crippen molar-refractivity contribution in [1.29, 1.82) is 0 Å². The summed E-state index contributed by atoms with van der Waals surface area (Å²) in [6, 6.07) is 7.92. The number of anilines is 1. The first-order valence-electron chi connectivity index (χ1n) is 6.77. The Balaban J connectivity index is 2.35. The number of nitrogens with zero attached hydrogens (tertiary/aromatic N) is 3. The van der Waals surface area contributed by atoms with Crippen molar-refractivity contribution in [1.82, 2.24) is 9.78 Å². The van der Waals surface area contributed by atoms with Gasteiger partial charge in [0.15, 0.2) is 0 Å². The fourth-order valence-electron chi connectivity index (χ4n) is 2.34. The van der Waals surface area contributed by atoms with Crippen molar-refractivity contribution in [3.63, 3.8) is 0 Å². The second-order valence-corrected chi connectivity index (χ2v) is 6.13. The maximum Gasteiger partial charge on any atom is 0.106 e. The molecule has 0 unspecified atom stereocenters. The number of thiocarbonyl (C=S) groups is 1. The van der Waals surface area contributed by atoms with Crippen LogP contribution in [0.5, 0.6) is 0 Å². The van der Waals surface area contributed by atoms with Crippen LogP contribution in [-0.4, -0.2) is 21.8 Å². The SMILES string of the molecule is CCn1nc(C)c(Br)c1CN(C)c1ccccc1C(N)=S. The third-order valence-corrected chi connectivity index (χ3v) is 4.67. The first-order valence-corrected chi connectivity index (χ1v) is 7.97. The van der Waals surface area contributed by atoms with Crippen LogP contribution in [0.15, 0.2) is 28.7 Å². The number of rotatable bonds is 5. The molecule has 0 amide bonds. The Labute approximate surface area is 139 Å². The standard InChI is InChI=1S/C15H19BrN4S/c1-4-20-13(14(16)10(2)18-20)9-19(3)12-8-6-5-7-11(12)15(17)21/h5-8H,4,9H2,1-3H3,(H2,17,21). The van der Waals surface area contributed by atoms with Crippen molar-refractivity contribution in [2.75, 3.05) is 11.9 Å². The molecule has 1 aromatic carbocycles. The van der Waals surface area contributed by atoms with Gasteiger partial charge in [-0.3, -0.25) is 4.68 Å². The minimum Gasteiger partial charge on any atom is -0.389 e. The van der Waals surface area contributed by atoms with Crippen LogP contribution in [0.4, 0.5) is 5.69 Å². The molecule has 112 valence electrons. The molecular formula is C15H19BrN4S. The van der Waals surface area contributed by atoms with E-state index >= 15 is 0 Å². The van der Waals surface area contributed by atoms with E-state index in [0.29, 0.717) is 4.99 Å². The highest BCUT2D eigenvalue weighted by atomic mass is 79.9. The highest BCUT2D eigenvalue weighted by molar-refractivity contribution is 9.10. The van der Waals surface area contributed by atoms with Gasteiger partial charge in [-0.1, -0.05) is 24.4 Å². The smallest absolute Gasteiger partial charge is 0.106 e. The molecule has 0 atom stereocenters. The predicted molar refractivity (Wildman–Crippen MR) is 94.8 cm³/mol. The monoisotopic (exact) mass is 366 g/mol. The summed E-state index contributed by atoms with van der Waals surface area (Å²) in [5, 5.41) is 4.53. The first kappa shape index (κ1) is 16.0. The van der Waals surface area contributed by atoms with E-state index < -0.39 is 0 Å². The second kappa shape index (κ2) is 6.58. The molecule has 0 saturated carbocycles. The maximum atomic E-state index is 5.81. The lowest BCUT2D eigenvalue weighted by molar-refractivity contribution is 0.612. The van der Waals surface area contributed by atoms with E-state index in [9.17, 15) is 0 Å². The molecule has 1 heterocycles. The quantitative estimate of drug-likeness (QED) is 0.825. The zero-order valence-corrected chi connectivity index (χ0v) is 14.8. The van der Waals surface area contributed by atoms with Crippen LogP contribution < -0.4 is 10.6 Å². The highest BCUT2D eigenvalue weighted by Gasteiger charge is 2.16. The predicted octanol–water partition coefficient (Wildman–Crippen LogP) is 3.24. The molecule has 0 fully saturated rings. The van der Waals surface area contributed by atoms with E-state index in [-0.39, 0.29) is 0 Å². The van der Waals surface area contributed by atoms with E-state index in [1.165, 1.54) is 0 Å². The minimum atomic E-state index is 0.414. The Morgan fingerprint density at radius 1 is 1.43 bits per heavy atom. The molecule has 21 heavy (non-hydrogen) atoms. The fourth-order valence-corrected chi connectivity index (χ4v) is 2.93. The van der Waals surface area contributed by atoms with Gasteiger partial charge < -0.3 is 10.6 Å². The van der Waals surface area contributed by atoms with Gasteiger partial charge in [-0.2, -0.15) is 5.10 Å². The molecule has 0 aliphatic carbocycles. The third kappa shape index (κ3) is 3.27. The molecular weight excluding hydrogens is 348 g/mol. The van der Waals surface area contributed by atoms with Crippen molar-refractivity contribution < 1.29 is 0 Å². The maximum absolute atomic E-state index is 5.81. The Morgan fingerprint density at radius 2 is 2.10 bits per heavy atom. The molecule has 6 heteroatoms. The third-order valence-electron chi connectivity index (χ3n) is 3.42. The average molecular weight is 367 g/mol. The summed E-state index contributed by atoms with van der Waals surface area (Å²) in [5.41, 5.74) is 9.89. The van der Waals surface area contributed by atoms with Crippen molar-refractivity contribution >= 4 is 38.8 Å². The number of aromatic nitrogens is 2. The number of hydrogen-bond acceptors (Lipinski definition) is 3. The Hall–Kier alpha value is -1.40. The summed E-state index contributed by atoms with van der Waals surface area (Å²) in [6.07, 6.45) is 0. The van der Waals surface area contributed by atoms with Gasteiger partial charge in [0.1, 0.15) is 4.99 Å². The lowest BCUT2D eigenvalue weighted by Crippen LogP contribution is -2.23. The number of halogens is 1. The molecule has 2 rings (SSSR count). The van der Waals surface area contributed by atoms with E-state index in [2.05, 4.69) is 32.9 Å².